The van der Waals surface area contributed by atoms with Crippen LogP contribution in [0.2, 0.25) is 0 Å². The molecule has 302 valence electrons. The van der Waals surface area contributed by atoms with Crippen LogP contribution in [0.4, 0.5) is 11.4 Å². The Hall–Kier alpha value is -5.55. The molecule has 0 bridgehead atoms. The van der Waals surface area contributed by atoms with Crippen LogP contribution >= 0.6 is 0 Å². The summed E-state index contributed by atoms with van der Waals surface area (Å²) in [6.07, 6.45) is 2.95. The van der Waals surface area contributed by atoms with Gasteiger partial charge in [-0.25, -0.2) is 0 Å². The first-order chi connectivity index (χ1) is 28.0. The lowest BCUT2D eigenvalue weighted by atomic mass is 9.68. The van der Waals surface area contributed by atoms with Gasteiger partial charge in [0, 0.05) is 99.2 Å². The molecule has 3 amide bonds. The van der Waals surface area contributed by atoms with Gasteiger partial charge in [0.15, 0.2) is 0 Å². The molecule has 0 aliphatic carbocycles. The Labute approximate surface area is 340 Å². The minimum absolute atomic E-state index is 0.0139. The van der Waals surface area contributed by atoms with Crippen LogP contribution in [0.1, 0.15) is 84.0 Å². The van der Waals surface area contributed by atoms with Crippen LogP contribution in [0.5, 0.6) is 17.2 Å². The zero-order chi connectivity index (χ0) is 40.1. The molecular weight excluding hydrogens is 731 g/mol. The van der Waals surface area contributed by atoms with Gasteiger partial charge in [0.1, 0.15) is 28.9 Å². The summed E-state index contributed by atoms with van der Waals surface area (Å²) in [4.78, 5) is 46.5. The molecule has 11 nitrogen and oxygen atoms in total. The lowest BCUT2D eigenvalue weighted by Crippen LogP contribution is -2.52. The molecule has 0 saturated carbocycles. The number of piperidine rings is 2. The zero-order valence-corrected chi connectivity index (χ0v) is 33.7. The van der Waals surface area contributed by atoms with Gasteiger partial charge < -0.3 is 29.3 Å². The smallest absolute Gasteiger partial charge is 0.255 e. The number of anilines is 2. The van der Waals surface area contributed by atoms with Gasteiger partial charge in [0.25, 0.3) is 5.91 Å². The van der Waals surface area contributed by atoms with Gasteiger partial charge in [0.2, 0.25) is 11.8 Å². The van der Waals surface area contributed by atoms with Crippen LogP contribution in [0.3, 0.4) is 0 Å². The maximum absolute atomic E-state index is 13.2. The number of rotatable bonds is 8. The summed E-state index contributed by atoms with van der Waals surface area (Å²) in [5, 5.41) is 12.7. The summed E-state index contributed by atoms with van der Waals surface area (Å²) in [7, 11) is 1.70. The van der Waals surface area contributed by atoms with Gasteiger partial charge in [-0.15, -0.1) is 0 Å². The molecule has 3 saturated heterocycles. The maximum Gasteiger partial charge on any atom is 0.255 e. The third kappa shape index (κ3) is 7.25. The number of aromatic hydroxyl groups is 1. The van der Waals surface area contributed by atoms with Crippen molar-refractivity contribution >= 4 is 29.1 Å². The molecule has 4 aromatic rings. The van der Waals surface area contributed by atoms with Crippen LogP contribution in [-0.4, -0.2) is 97.2 Å². The predicted molar refractivity (Wildman–Crippen MR) is 223 cm³/mol. The molecule has 5 heterocycles. The van der Waals surface area contributed by atoms with E-state index in [1.54, 1.807) is 24.1 Å². The quantitative estimate of drug-likeness (QED) is 0.199. The number of carbonyl (C=O) groups excluding carboxylic acids is 3. The monoisotopic (exact) mass is 783 g/mol. The molecule has 5 aliphatic heterocycles. The zero-order valence-electron chi connectivity index (χ0n) is 33.7. The fourth-order valence-corrected chi connectivity index (χ4v) is 10.2. The average molecular weight is 784 g/mol. The van der Waals surface area contributed by atoms with Crippen LogP contribution < -0.4 is 24.6 Å². The summed E-state index contributed by atoms with van der Waals surface area (Å²) in [6.45, 7) is 11.7. The minimum Gasteiger partial charge on any atom is -0.508 e. The molecule has 5 aliphatic rings. The van der Waals surface area contributed by atoms with Gasteiger partial charge in [-0.3, -0.25) is 24.6 Å². The van der Waals surface area contributed by atoms with E-state index in [1.165, 1.54) is 11.3 Å². The van der Waals surface area contributed by atoms with E-state index >= 15 is 0 Å². The van der Waals surface area contributed by atoms with E-state index in [1.807, 2.05) is 30.3 Å². The molecule has 2 N–H and O–H groups in total. The number of fused-ring (bicyclic) bond motifs is 2. The molecule has 0 spiro atoms. The summed E-state index contributed by atoms with van der Waals surface area (Å²) >= 11 is 0. The average Bonchev–Trinajstić information content (AvgIpc) is 3.55. The number of amides is 3. The van der Waals surface area contributed by atoms with Crippen molar-refractivity contribution in [3.8, 4) is 17.2 Å². The summed E-state index contributed by atoms with van der Waals surface area (Å²) in [6, 6.07) is 28.4. The van der Waals surface area contributed by atoms with Crippen molar-refractivity contribution < 1.29 is 29.0 Å². The summed E-state index contributed by atoms with van der Waals surface area (Å²) in [5.41, 5.74) is 6.88. The van der Waals surface area contributed by atoms with Crippen molar-refractivity contribution in [3.05, 3.63) is 113 Å². The summed E-state index contributed by atoms with van der Waals surface area (Å²) < 4.78 is 12.2. The molecule has 3 unspecified atom stereocenters. The Morgan fingerprint density at radius 1 is 0.810 bits per heavy atom. The topological polar surface area (TPSA) is 115 Å². The van der Waals surface area contributed by atoms with Gasteiger partial charge in [-0.05, 0) is 104 Å². The number of ether oxygens (including phenoxy) is 2. The highest BCUT2D eigenvalue weighted by Crippen LogP contribution is 2.54. The van der Waals surface area contributed by atoms with E-state index in [0.29, 0.717) is 24.4 Å². The van der Waals surface area contributed by atoms with Crippen molar-refractivity contribution in [3.63, 3.8) is 0 Å². The summed E-state index contributed by atoms with van der Waals surface area (Å²) in [5.74, 6) is 1.66. The molecular formula is C47H53N5O6. The molecule has 0 aromatic heterocycles. The number of nitrogens with zero attached hydrogens (tertiary/aromatic N) is 4. The fraction of sp³-hybridized carbons (Fsp3) is 0.426. The number of phenols is 1. The minimum atomic E-state index is -0.595. The van der Waals surface area contributed by atoms with Gasteiger partial charge >= 0.3 is 0 Å². The molecule has 9 rings (SSSR count). The number of phenolic OH excluding ortho intramolecular Hbond substituents is 1. The molecule has 11 heteroatoms. The van der Waals surface area contributed by atoms with E-state index in [4.69, 9.17) is 9.47 Å². The third-order valence-corrected chi connectivity index (χ3v) is 13.2. The second-order valence-corrected chi connectivity index (χ2v) is 17.2. The van der Waals surface area contributed by atoms with Gasteiger partial charge in [0.05, 0.1) is 7.11 Å². The second kappa shape index (κ2) is 15.3. The van der Waals surface area contributed by atoms with E-state index in [0.717, 1.165) is 92.5 Å². The van der Waals surface area contributed by atoms with Crippen LogP contribution in [0, 0.1) is 5.92 Å². The van der Waals surface area contributed by atoms with Gasteiger partial charge in [-0.2, -0.15) is 0 Å². The van der Waals surface area contributed by atoms with Crippen LogP contribution in [0.25, 0.3) is 0 Å². The fourth-order valence-electron chi connectivity index (χ4n) is 10.2. The maximum atomic E-state index is 13.2. The molecule has 3 fully saturated rings. The van der Waals surface area contributed by atoms with E-state index in [2.05, 4.69) is 76.3 Å². The number of carbonyl (C=O) groups is 3. The molecule has 3 atom stereocenters. The first kappa shape index (κ1) is 38.0. The predicted octanol–water partition coefficient (Wildman–Crippen LogP) is 6.29. The second-order valence-electron chi connectivity index (χ2n) is 17.2. The lowest BCUT2D eigenvalue weighted by Gasteiger charge is -2.46. The van der Waals surface area contributed by atoms with Crippen LogP contribution in [-0.2, 0) is 16.1 Å². The van der Waals surface area contributed by atoms with Crippen molar-refractivity contribution in [2.24, 2.45) is 5.92 Å². The number of hydrogen-bond donors (Lipinski definition) is 2. The van der Waals surface area contributed by atoms with Crippen molar-refractivity contribution in [1.82, 2.24) is 15.1 Å². The van der Waals surface area contributed by atoms with Crippen molar-refractivity contribution in [2.45, 2.75) is 69.6 Å². The van der Waals surface area contributed by atoms with E-state index in [9.17, 15) is 19.5 Å². The molecule has 58 heavy (non-hydrogen) atoms. The first-order valence-corrected chi connectivity index (χ1v) is 20.8. The number of hydrogen-bond acceptors (Lipinski definition) is 9. The Kier molecular flexibility index (Phi) is 10.0. The lowest BCUT2D eigenvalue weighted by molar-refractivity contribution is -0.136. The molecule has 0 radical (unpaired) electrons. The van der Waals surface area contributed by atoms with Crippen LogP contribution in [0.15, 0.2) is 84.9 Å². The SMILES string of the molecule is COc1cccc(C2C(c3ccc(N4CCC(CN5CCN(c6ccc7c(c6)CN(C6CCC(=O)NC6=O)C7=O)CC5)CC4)cc3)c3ccc(O)cc3OC2(C)C)c1. The first-order valence-electron chi connectivity index (χ1n) is 20.8. The Morgan fingerprint density at radius 3 is 2.29 bits per heavy atom. The largest absolute Gasteiger partial charge is 0.508 e. The standard InChI is InChI=1S/C47H53N5O6/c1-47(2)44(32-5-4-6-37(26-32)57-3)43(39-14-12-36(53)27-41(39)58-47)31-7-9-34(10-8-31)50-19-17-30(18-20-50)28-49-21-23-51(24-22-49)35-11-13-38-33(25-35)29-52(46(38)56)40-15-16-42(54)48-45(40)55/h4-14,25-27,30,40,43-44,53H,15-24,28-29H2,1-3H3,(H,48,54,55). The highest BCUT2D eigenvalue weighted by molar-refractivity contribution is 6.05. The van der Waals surface area contributed by atoms with E-state index < -0.39 is 11.6 Å². The Morgan fingerprint density at radius 2 is 1.55 bits per heavy atom. The Balaban J connectivity index is 0.805. The number of nitrogens with one attached hydrogen (secondary N) is 1. The molecule has 4 aromatic carbocycles. The Bertz CT molecular complexity index is 2210. The normalized spacial score (nSPS) is 23.6. The number of benzene rings is 4. The van der Waals surface area contributed by atoms with E-state index in [-0.39, 0.29) is 41.7 Å². The highest BCUT2D eigenvalue weighted by Gasteiger charge is 2.46. The number of methoxy groups -OCH3 is 1. The number of piperazine rings is 1. The van der Waals surface area contributed by atoms with Crippen molar-refractivity contribution in [2.75, 3.05) is 62.7 Å². The highest BCUT2D eigenvalue weighted by atomic mass is 16.5. The van der Waals surface area contributed by atoms with Gasteiger partial charge in [-0.1, -0.05) is 30.3 Å². The number of imide groups is 1. The van der Waals surface area contributed by atoms with Crippen molar-refractivity contribution in [1.29, 1.82) is 0 Å². The third-order valence-electron chi connectivity index (χ3n) is 13.2.